The number of aromatic nitrogens is 1. The average Bonchev–Trinajstić information content (AvgIpc) is 2.97. The summed E-state index contributed by atoms with van der Waals surface area (Å²) in [4.78, 5) is 23.3. The molecule has 1 amide bonds. The van der Waals surface area contributed by atoms with Gasteiger partial charge in [-0.25, -0.2) is 4.79 Å². The molecule has 2 rings (SSSR count). The van der Waals surface area contributed by atoms with E-state index in [4.69, 9.17) is 9.63 Å². The van der Waals surface area contributed by atoms with Crippen molar-refractivity contribution in [3.8, 4) is 11.3 Å². The number of carboxylic acid groups (broad SMARTS) is 1. The number of benzene rings is 1. The van der Waals surface area contributed by atoms with Gasteiger partial charge in [-0.3, -0.25) is 4.79 Å². The van der Waals surface area contributed by atoms with Crippen LogP contribution in [0.5, 0.6) is 0 Å². The van der Waals surface area contributed by atoms with Crippen molar-refractivity contribution in [2.45, 2.75) is 25.8 Å². The van der Waals surface area contributed by atoms with E-state index in [-0.39, 0.29) is 12.1 Å². The largest absolute Gasteiger partial charge is 0.480 e. The van der Waals surface area contributed by atoms with Gasteiger partial charge in [-0.2, -0.15) is 0 Å². The fraction of sp³-hybridized carbons (Fsp3) is 0.267. The minimum Gasteiger partial charge on any atom is -0.480 e. The maximum atomic E-state index is 12.1. The molecule has 0 bridgehead atoms. The smallest absolute Gasteiger partial charge is 0.329 e. The molecule has 1 aromatic heterocycles. The van der Waals surface area contributed by atoms with Crippen LogP contribution in [0.1, 0.15) is 30.8 Å². The number of amides is 1. The number of hydrogen-bond acceptors (Lipinski definition) is 4. The molecule has 1 atom stereocenters. The van der Waals surface area contributed by atoms with Gasteiger partial charge in [-0.15, -0.1) is 0 Å². The van der Waals surface area contributed by atoms with E-state index in [0.29, 0.717) is 5.76 Å². The molecule has 6 heteroatoms. The summed E-state index contributed by atoms with van der Waals surface area (Å²) in [5.74, 6) is -1.22. The fourth-order valence-corrected chi connectivity index (χ4v) is 1.73. The molecule has 1 unspecified atom stereocenters. The van der Waals surface area contributed by atoms with Crippen molar-refractivity contribution in [3.63, 3.8) is 0 Å². The number of carbonyl (C=O) groups is 2. The van der Waals surface area contributed by atoms with E-state index >= 15 is 0 Å². The van der Waals surface area contributed by atoms with Gasteiger partial charge in [-0.1, -0.05) is 42.4 Å². The van der Waals surface area contributed by atoms with Crippen molar-refractivity contribution in [2.75, 3.05) is 0 Å². The first-order chi connectivity index (χ1) is 9.96. The molecular weight excluding hydrogens is 272 g/mol. The van der Waals surface area contributed by atoms with Gasteiger partial charge in [0.1, 0.15) is 5.54 Å². The van der Waals surface area contributed by atoms with Gasteiger partial charge >= 0.3 is 5.97 Å². The third-order valence-corrected chi connectivity index (χ3v) is 3.37. The molecule has 21 heavy (non-hydrogen) atoms. The van der Waals surface area contributed by atoms with Crippen LogP contribution in [0.15, 0.2) is 40.9 Å². The number of aliphatic carboxylic acids is 1. The van der Waals surface area contributed by atoms with E-state index in [1.54, 1.807) is 6.92 Å². The number of carbonyl (C=O) groups excluding carboxylic acids is 1. The second kappa shape index (κ2) is 5.78. The molecule has 1 heterocycles. The Hall–Kier alpha value is -2.63. The lowest BCUT2D eigenvalue weighted by atomic mass is 9.99. The van der Waals surface area contributed by atoms with Crippen molar-refractivity contribution in [1.29, 1.82) is 0 Å². The summed E-state index contributed by atoms with van der Waals surface area (Å²) in [5, 5.41) is 15.3. The molecule has 0 radical (unpaired) electrons. The van der Waals surface area contributed by atoms with Crippen LogP contribution in [0.3, 0.4) is 0 Å². The Morgan fingerprint density at radius 1 is 1.33 bits per heavy atom. The molecule has 0 aliphatic heterocycles. The molecule has 0 aliphatic carbocycles. The lowest BCUT2D eigenvalue weighted by molar-refractivity contribution is -0.143. The van der Waals surface area contributed by atoms with Crippen molar-refractivity contribution in [3.05, 3.63) is 42.1 Å². The second-order valence-corrected chi connectivity index (χ2v) is 4.89. The van der Waals surface area contributed by atoms with E-state index in [1.807, 2.05) is 30.3 Å². The van der Waals surface area contributed by atoms with Crippen molar-refractivity contribution >= 4 is 11.9 Å². The summed E-state index contributed by atoms with van der Waals surface area (Å²) < 4.78 is 5.12. The summed E-state index contributed by atoms with van der Waals surface area (Å²) in [5.41, 5.74) is -0.488. The van der Waals surface area contributed by atoms with Gasteiger partial charge in [-0.05, 0) is 13.3 Å². The number of rotatable bonds is 5. The topological polar surface area (TPSA) is 92.4 Å². The number of nitrogens with zero attached hydrogens (tertiary/aromatic N) is 1. The Bertz CT molecular complexity index is 651. The molecule has 2 N–H and O–H groups in total. The van der Waals surface area contributed by atoms with Crippen LogP contribution < -0.4 is 5.32 Å². The zero-order valence-electron chi connectivity index (χ0n) is 11.8. The molecule has 0 aliphatic rings. The summed E-state index contributed by atoms with van der Waals surface area (Å²) in [6.07, 6.45) is 0.261. The van der Waals surface area contributed by atoms with Gasteiger partial charge in [0.2, 0.25) is 0 Å². The normalized spacial score (nSPS) is 13.4. The Labute approximate surface area is 121 Å². The third kappa shape index (κ3) is 3.10. The van der Waals surface area contributed by atoms with Gasteiger partial charge in [0, 0.05) is 11.6 Å². The quantitative estimate of drug-likeness (QED) is 0.880. The van der Waals surface area contributed by atoms with Crippen molar-refractivity contribution in [2.24, 2.45) is 0 Å². The van der Waals surface area contributed by atoms with E-state index in [1.165, 1.54) is 13.0 Å². The molecular formula is C15H16N2O4. The molecule has 0 fully saturated rings. The summed E-state index contributed by atoms with van der Waals surface area (Å²) in [6.45, 7) is 3.14. The van der Waals surface area contributed by atoms with Gasteiger partial charge < -0.3 is 14.9 Å². The average molecular weight is 288 g/mol. The Morgan fingerprint density at radius 3 is 2.57 bits per heavy atom. The van der Waals surface area contributed by atoms with Crippen molar-refractivity contribution in [1.82, 2.24) is 10.5 Å². The van der Waals surface area contributed by atoms with E-state index in [0.717, 1.165) is 5.56 Å². The highest BCUT2D eigenvalue weighted by Crippen LogP contribution is 2.20. The van der Waals surface area contributed by atoms with E-state index < -0.39 is 17.4 Å². The van der Waals surface area contributed by atoms with Gasteiger partial charge in [0.15, 0.2) is 11.5 Å². The van der Waals surface area contributed by atoms with Crippen molar-refractivity contribution < 1.29 is 19.2 Å². The number of nitrogens with one attached hydrogen (secondary N) is 1. The minimum absolute atomic E-state index is 0.0507. The van der Waals surface area contributed by atoms with E-state index in [2.05, 4.69) is 10.5 Å². The van der Waals surface area contributed by atoms with Crippen LogP contribution in [0.4, 0.5) is 0 Å². The SMILES string of the molecule is CCC(C)(NC(=O)c1cc(-c2ccccc2)on1)C(=O)O. The Kier molecular flexibility index (Phi) is 4.07. The summed E-state index contributed by atoms with van der Waals surface area (Å²) in [6, 6.07) is 10.7. The Balaban J connectivity index is 2.18. The molecule has 0 saturated carbocycles. The van der Waals surface area contributed by atoms with Crippen LogP contribution >= 0.6 is 0 Å². The Morgan fingerprint density at radius 2 is 2.00 bits per heavy atom. The first kappa shape index (κ1) is 14.8. The summed E-state index contributed by atoms with van der Waals surface area (Å²) in [7, 11) is 0. The first-order valence-electron chi connectivity index (χ1n) is 6.54. The van der Waals surface area contributed by atoms with E-state index in [9.17, 15) is 9.59 Å². The number of hydrogen-bond donors (Lipinski definition) is 2. The van der Waals surface area contributed by atoms with Gasteiger partial charge in [0.25, 0.3) is 5.91 Å². The maximum Gasteiger partial charge on any atom is 0.329 e. The molecule has 2 aromatic rings. The zero-order chi connectivity index (χ0) is 15.5. The first-order valence-corrected chi connectivity index (χ1v) is 6.54. The third-order valence-electron chi connectivity index (χ3n) is 3.37. The van der Waals surface area contributed by atoms with Crippen LogP contribution in [-0.2, 0) is 4.79 Å². The lowest BCUT2D eigenvalue weighted by Gasteiger charge is -2.23. The second-order valence-electron chi connectivity index (χ2n) is 4.89. The fourth-order valence-electron chi connectivity index (χ4n) is 1.73. The summed E-state index contributed by atoms with van der Waals surface area (Å²) >= 11 is 0. The van der Waals surface area contributed by atoms with Crippen LogP contribution in [0.25, 0.3) is 11.3 Å². The highest BCUT2D eigenvalue weighted by molar-refractivity contribution is 5.96. The minimum atomic E-state index is -1.33. The molecule has 1 aromatic carbocycles. The molecule has 110 valence electrons. The molecule has 6 nitrogen and oxygen atoms in total. The predicted molar refractivity (Wildman–Crippen MR) is 75.7 cm³/mol. The zero-order valence-corrected chi connectivity index (χ0v) is 11.8. The molecule has 0 spiro atoms. The van der Waals surface area contributed by atoms with Crippen LogP contribution in [-0.4, -0.2) is 27.7 Å². The maximum absolute atomic E-state index is 12.1. The van der Waals surface area contributed by atoms with Crippen LogP contribution in [0, 0.1) is 0 Å². The molecule has 0 saturated heterocycles. The van der Waals surface area contributed by atoms with Gasteiger partial charge in [0.05, 0.1) is 0 Å². The lowest BCUT2D eigenvalue weighted by Crippen LogP contribution is -2.51. The standard InChI is InChI=1S/C15H16N2O4/c1-3-15(2,14(19)20)16-13(18)11-9-12(21-17-11)10-7-5-4-6-8-10/h4-9H,3H2,1-2H3,(H,16,18)(H,19,20). The van der Waals surface area contributed by atoms with Crippen LogP contribution in [0.2, 0.25) is 0 Å². The monoisotopic (exact) mass is 288 g/mol. The number of carboxylic acids is 1. The highest BCUT2D eigenvalue weighted by atomic mass is 16.5. The predicted octanol–water partition coefficient (Wildman–Crippen LogP) is 2.32. The highest BCUT2D eigenvalue weighted by Gasteiger charge is 2.33.